The number of aromatic nitrogens is 1. The topological polar surface area (TPSA) is 61.6 Å². The van der Waals surface area contributed by atoms with Gasteiger partial charge in [0.1, 0.15) is 24.7 Å². The SMILES string of the molecule is CCc1cccc(CC)c1-c1cc(OCCN(C)C)c2c(n1)CCCC2N(CC#N)c1cc(OC)ccc1C. The summed E-state index contributed by atoms with van der Waals surface area (Å²) in [6, 6.07) is 17.2. The number of aryl methyl sites for hydroxylation is 4. The maximum atomic E-state index is 9.90. The molecule has 6 nitrogen and oxygen atoms in total. The number of pyridine rings is 1. The van der Waals surface area contributed by atoms with Crippen molar-refractivity contribution in [3.05, 3.63) is 70.4 Å². The highest BCUT2D eigenvalue weighted by atomic mass is 16.5. The van der Waals surface area contributed by atoms with Crippen LogP contribution in [0.2, 0.25) is 0 Å². The van der Waals surface area contributed by atoms with Crippen molar-refractivity contribution >= 4 is 5.69 Å². The zero-order valence-corrected chi connectivity index (χ0v) is 24.4. The smallest absolute Gasteiger partial charge is 0.128 e. The van der Waals surface area contributed by atoms with E-state index in [4.69, 9.17) is 14.5 Å². The number of benzene rings is 2. The summed E-state index contributed by atoms with van der Waals surface area (Å²) in [7, 11) is 5.80. The van der Waals surface area contributed by atoms with Gasteiger partial charge >= 0.3 is 0 Å². The molecule has 206 valence electrons. The van der Waals surface area contributed by atoms with E-state index in [2.05, 4.69) is 81.1 Å². The van der Waals surface area contributed by atoms with Crippen molar-refractivity contribution < 1.29 is 9.47 Å². The van der Waals surface area contributed by atoms with E-state index in [1.807, 2.05) is 12.1 Å². The van der Waals surface area contributed by atoms with E-state index >= 15 is 0 Å². The first-order valence-electron chi connectivity index (χ1n) is 14.1. The van der Waals surface area contributed by atoms with Crippen LogP contribution in [0, 0.1) is 18.3 Å². The van der Waals surface area contributed by atoms with Crippen LogP contribution in [-0.4, -0.2) is 50.8 Å². The largest absolute Gasteiger partial charge is 0.497 e. The quantitative estimate of drug-likeness (QED) is 0.265. The summed E-state index contributed by atoms with van der Waals surface area (Å²) >= 11 is 0. The Morgan fingerprint density at radius 1 is 1.08 bits per heavy atom. The molecule has 0 aliphatic heterocycles. The molecule has 4 rings (SSSR count). The molecule has 0 radical (unpaired) electrons. The van der Waals surface area contributed by atoms with Crippen molar-refractivity contribution in [1.29, 1.82) is 5.26 Å². The van der Waals surface area contributed by atoms with Gasteiger partial charge < -0.3 is 19.3 Å². The summed E-state index contributed by atoms with van der Waals surface area (Å²) < 4.78 is 12.1. The van der Waals surface area contributed by atoms with Crippen molar-refractivity contribution in [2.24, 2.45) is 0 Å². The van der Waals surface area contributed by atoms with Gasteiger partial charge in [0, 0.05) is 35.5 Å². The van der Waals surface area contributed by atoms with Crippen LogP contribution in [0.25, 0.3) is 11.3 Å². The number of hydrogen-bond acceptors (Lipinski definition) is 6. The third kappa shape index (κ3) is 6.20. The Morgan fingerprint density at radius 2 is 1.82 bits per heavy atom. The number of anilines is 1. The number of methoxy groups -OCH3 is 1. The van der Waals surface area contributed by atoms with Crippen molar-refractivity contribution in [3.8, 4) is 28.8 Å². The molecule has 1 aliphatic rings. The Kier molecular flexibility index (Phi) is 9.48. The Labute approximate surface area is 234 Å². The minimum atomic E-state index is -0.0119. The molecule has 0 saturated heterocycles. The second-order valence-corrected chi connectivity index (χ2v) is 10.5. The van der Waals surface area contributed by atoms with Crippen molar-refractivity contribution in [3.63, 3.8) is 0 Å². The fourth-order valence-electron chi connectivity index (χ4n) is 5.67. The predicted octanol–water partition coefficient (Wildman–Crippen LogP) is 6.54. The molecule has 39 heavy (non-hydrogen) atoms. The number of nitrogens with zero attached hydrogens (tertiary/aromatic N) is 4. The van der Waals surface area contributed by atoms with Gasteiger partial charge in [-0.3, -0.25) is 4.98 Å². The van der Waals surface area contributed by atoms with Gasteiger partial charge in [-0.05, 0) is 75.9 Å². The van der Waals surface area contributed by atoms with E-state index in [0.717, 1.165) is 78.4 Å². The van der Waals surface area contributed by atoms with E-state index < -0.39 is 0 Å². The molecule has 6 heteroatoms. The first-order valence-corrected chi connectivity index (χ1v) is 14.1. The van der Waals surface area contributed by atoms with E-state index in [9.17, 15) is 5.26 Å². The lowest BCUT2D eigenvalue weighted by Gasteiger charge is -2.37. The second kappa shape index (κ2) is 13.0. The molecular formula is C33H42N4O2. The normalized spacial score (nSPS) is 14.6. The fraction of sp³-hybridized carbons (Fsp3) is 0.455. The molecule has 0 amide bonds. The molecule has 1 heterocycles. The second-order valence-electron chi connectivity index (χ2n) is 10.5. The van der Waals surface area contributed by atoms with Gasteiger partial charge in [-0.25, -0.2) is 0 Å². The van der Waals surface area contributed by atoms with Crippen LogP contribution in [0.3, 0.4) is 0 Å². The van der Waals surface area contributed by atoms with Gasteiger partial charge in [0.2, 0.25) is 0 Å². The van der Waals surface area contributed by atoms with Crippen LogP contribution in [0.15, 0.2) is 42.5 Å². The van der Waals surface area contributed by atoms with Crippen LogP contribution >= 0.6 is 0 Å². The van der Waals surface area contributed by atoms with Crippen LogP contribution in [0.4, 0.5) is 5.69 Å². The maximum Gasteiger partial charge on any atom is 0.128 e. The minimum absolute atomic E-state index is 0.0119. The Hall–Kier alpha value is -3.56. The highest BCUT2D eigenvalue weighted by Crippen LogP contribution is 2.44. The fourth-order valence-corrected chi connectivity index (χ4v) is 5.67. The number of ether oxygens (including phenoxy) is 2. The summed E-state index contributed by atoms with van der Waals surface area (Å²) in [6.45, 7) is 8.18. The number of fused-ring (bicyclic) bond motifs is 1. The summed E-state index contributed by atoms with van der Waals surface area (Å²) in [5.74, 6) is 1.67. The lowest BCUT2D eigenvalue weighted by molar-refractivity contribution is 0.256. The van der Waals surface area contributed by atoms with E-state index in [-0.39, 0.29) is 12.6 Å². The molecule has 0 fully saturated rings. The van der Waals surface area contributed by atoms with Gasteiger partial charge in [-0.15, -0.1) is 0 Å². The Morgan fingerprint density at radius 3 is 2.46 bits per heavy atom. The standard InChI is InChI=1S/C33H42N4O2/c1-7-24-11-9-12-25(8-2)32(24)28-22-31(39-20-19-36(4)5)33-27(35-28)13-10-14-29(33)37(18-17-34)30-21-26(38-6)16-15-23(30)3/h9,11-12,15-16,21-22,29H,7-8,10,13-14,18-20H2,1-6H3. The van der Waals surface area contributed by atoms with Gasteiger partial charge in [0.25, 0.3) is 0 Å². The third-order valence-electron chi connectivity index (χ3n) is 7.72. The highest BCUT2D eigenvalue weighted by molar-refractivity contribution is 5.71. The van der Waals surface area contributed by atoms with E-state index in [1.54, 1.807) is 7.11 Å². The zero-order valence-electron chi connectivity index (χ0n) is 24.4. The monoisotopic (exact) mass is 526 g/mol. The molecule has 3 aromatic rings. The van der Waals surface area contributed by atoms with Crippen molar-refractivity contribution in [2.45, 2.75) is 58.9 Å². The summed E-state index contributed by atoms with van der Waals surface area (Å²) in [5, 5.41) is 9.90. The first kappa shape index (κ1) is 28.4. The molecule has 1 atom stereocenters. The van der Waals surface area contributed by atoms with E-state index in [0.29, 0.717) is 6.61 Å². The molecule has 1 aliphatic carbocycles. The molecule has 0 bridgehead atoms. The number of hydrogen-bond donors (Lipinski definition) is 0. The summed E-state index contributed by atoms with van der Waals surface area (Å²) in [5.41, 5.74) is 9.19. The van der Waals surface area contributed by atoms with Gasteiger partial charge in [-0.1, -0.05) is 38.1 Å². The number of rotatable bonds is 11. The zero-order chi connectivity index (χ0) is 27.9. The molecule has 2 aromatic carbocycles. The molecule has 0 spiro atoms. The Balaban J connectivity index is 1.89. The lowest BCUT2D eigenvalue weighted by Crippen LogP contribution is -2.33. The summed E-state index contributed by atoms with van der Waals surface area (Å²) in [4.78, 5) is 9.67. The van der Waals surface area contributed by atoms with Gasteiger partial charge in [0.15, 0.2) is 0 Å². The van der Waals surface area contributed by atoms with Crippen molar-refractivity contribution in [1.82, 2.24) is 9.88 Å². The van der Waals surface area contributed by atoms with Crippen LogP contribution < -0.4 is 14.4 Å². The van der Waals surface area contributed by atoms with Crippen molar-refractivity contribution in [2.75, 3.05) is 45.8 Å². The molecular weight excluding hydrogens is 484 g/mol. The van der Waals surface area contributed by atoms with Crippen LogP contribution in [0.5, 0.6) is 11.5 Å². The first-order chi connectivity index (χ1) is 18.9. The highest BCUT2D eigenvalue weighted by Gasteiger charge is 2.32. The third-order valence-corrected chi connectivity index (χ3v) is 7.72. The lowest BCUT2D eigenvalue weighted by atomic mass is 9.87. The van der Waals surface area contributed by atoms with Gasteiger partial charge in [0.05, 0.1) is 30.6 Å². The predicted molar refractivity (Wildman–Crippen MR) is 159 cm³/mol. The molecule has 0 N–H and O–H groups in total. The molecule has 1 unspecified atom stereocenters. The van der Waals surface area contributed by atoms with Crippen LogP contribution in [0.1, 0.15) is 60.7 Å². The average Bonchev–Trinajstić information content (AvgIpc) is 2.95. The Bertz CT molecular complexity index is 1310. The minimum Gasteiger partial charge on any atom is -0.497 e. The average molecular weight is 527 g/mol. The molecule has 1 aromatic heterocycles. The van der Waals surface area contributed by atoms with Gasteiger partial charge in [-0.2, -0.15) is 5.26 Å². The molecule has 0 saturated carbocycles. The number of nitriles is 1. The summed E-state index contributed by atoms with van der Waals surface area (Å²) in [6.07, 6.45) is 4.74. The number of likely N-dealkylation sites (N-methyl/N-ethyl adjacent to an activating group) is 1. The van der Waals surface area contributed by atoms with Crippen LogP contribution in [-0.2, 0) is 19.3 Å². The van der Waals surface area contributed by atoms with E-state index in [1.165, 1.54) is 16.7 Å². The maximum absolute atomic E-state index is 9.90.